The number of nitrogens with zero attached hydrogens (tertiary/aromatic N) is 3. The lowest BCUT2D eigenvalue weighted by molar-refractivity contribution is -0.138. The zero-order valence-corrected chi connectivity index (χ0v) is 20.3. The van der Waals surface area contributed by atoms with Crippen LogP contribution in [0.5, 0.6) is 0 Å². The van der Waals surface area contributed by atoms with Crippen molar-refractivity contribution >= 4 is 29.1 Å². The number of carbonyl (C=O) groups is 2. The van der Waals surface area contributed by atoms with Crippen molar-refractivity contribution in [2.24, 2.45) is 0 Å². The van der Waals surface area contributed by atoms with E-state index in [9.17, 15) is 35.9 Å². The Balaban J connectivity index is 1.30. The summed E-state index contributed by atoms with van der Waals surface area (Å²) in [5, 5.41) is 5.00. The predicted octanol–water partition coefficient (Wildman–Crippen LogP) is 6.12. The number of hydrogen-bond acceptors (Lipinski definition) is 4. The van der Waals surface area contributed by atoms with Crippen LogP contribution in [0, 0.1) is 0 Å². The van der Waals surface area contributed by atoms with Crippen LogP contribution in [-0.4, -0.2) is 48.0 Å². The molecule has 1 aromatic heterocycles. The average molecular weight is 551 g/mol. The van der Waals surface area contributed by atoms with Crippen LogP contribution in [-0.2, 0) is 12.4 Å². The topological polar surface area (TPSA) is 77.6 Å². The Kier molecular flexibility index (Phi) is 7.98. The summed E-state index contributed by atoms with van der Waals surface area (Å²) in [5.74, 6) is 0.254. The maximum Gasteiger partial charge on any atom is 0.416 e. The third-order valence-corrected chi connectivity index (χ3v) is 6.04. The van der Waals surface area contributed by atoms with Crippen LogP contribution in [0.25, 0.3) is 0 Å². The molecule has 0 atom stereocenters. The van der Waals surface area contributed by atoms with Crippen molar-refractivity contribution in [2.75, 3.05) is 41.7 Å². The molecule has 1 aliphatic heterocycles. The van der Waals surface area contributed by atoms with E-state index in [0.29, 0.717) is 44.1 Å². The molecule has 3 amide bonds. The quantitative estimate of drug-likeness (QED) is 0.384. The molecular weight excluding hydrogens is 528 g/mol. The second-order valence-electron chi connectivity index (χ2n) is 8.77. The first-order valence-corrected chi connectivity index (χ1v) is 11.8. The van der Waals surface area contributed by atoms with Gasteiger partial charge in [0.1, 0.15) is 5.82 Å². The van der Waals surface area contributed by atoms with Crippen LogP contribution in [0.2, 0.25) is 0 Å². The van der Waals surface area contributed by atoms with Gasteiger partial charge in [-0.05, 0) is 67.1 Å². The lowest BCUT2D eigenvalue weighted by atomic mass is 10.1. The summed E-state index contributed by atoms with van der Waals surface area (Å²) in [5.41, 5.74) is -0.919. The zero-order chi connectivity index (χ0) is 28.2. The first-order valence-electron chi connectivity index (χ1n) is 11.8. The van der Waals surface area contributed by atoms with Crippen LogP contribution in [0.15, 0.2) is 66.9 Å². The number of rotatable bonds is 4. The van der Waals surface area contributed by atoms with Gasteiger partial charge in [0, 0.05) is 37.4 Å². The fourth-order valence-corrected chi connectivity index (χ4v) is 4.02. The molecule has 13 heteroatoms. The molecule has 4 rings (SSSR count). The Morgan fingerprint density at radius 3 is 1.82 bits per heavy atom. The number of anilines is 3. The second-order valence-corrected chi connectivity index (χ2v) is 8.77. The Labute approximate surface area is 219 Å². The molecule has 206 valence electrons. The number of amides is 3. The van der Waals surface area contributed by atoms with Gasteiger partial charge in [-0.25, -0.2) is 9.78 Å². The summed E-state index contributed by atoms with van der Waals surface area (Å²) in [6.45, 7) is 1.81. The van der Waals surface area contributed by atoms with Crippen LogP contribution in [0.3, 0.4) is 0 Å². The summed E-state index contributed by atoms with van der Waals surface area (Å²) >= 11 is 0. The van der Waals surface area contributed by atoms with Gasteiger partial charge in [0.25, 0.3) is 5.91 Å². The molecule has 0 aliphatic carbocycles. The minimum atomic E-state index is -4.47. The van der Waals surface area contributed by atoms with Gasteiger partial charge in [-0.2, -0.15) is 26.3 Å². The Morgan fingerprint density at radius 2 is 1.26 bits per heavy atom. The lowest BCUT2D eigenvalue weighted by Crippen LogP contribution is -2.35. The van der Waals surface area contributed by atoms with E-state index in [-0.39, 0.29) is 17.2 Å². The number of nitrogens with one attached hydrogen (secondary N) is 2. The fraction of sp³-hybridized carbons (Fsp3) is 0.269. The number of benzene rings is 2. The molecule has 1 fully saturated rings. The number of pyridine rings is 1. The highest BCUT2D eigenvalue weighted by atomic mass is 19.4. The van der Waals surface area contributed by atoms with Crippen LogP contribution < -0.4 is 15.5 Å². The van der Waals surface area contributed by atoms with Crippen molar-refractivity contribution < 1.29 is 35.9 Å². The largest absolute Gasteiger partial charge is 0.416 e. The Bertz CT molecular complexity index is 1290. The molecule has 0 unspecified atom stereocenters. The number of carbonyl (C=O) groups excluding carboxylic acids is 2. The number of hydrogen-bond donors (Lipinski definition) is 2. The third kappa shape index (κ3) is 7.18. The normalized spacial score (nSPS) is 14.5. The number of aromatic nitrogens is 1. The predicted molar refractivity (Wildman–Crippen MR) is 132 cm³/mol. The summed E-state index contributed by atoms with van der Waals surface area (Å²) in [6, 6.07) is 10.8. The smallest absolute Gasteiger partial charge is 0.355 e. The highest BCUT2D eigenvalue weighted by molar-refractivity contribution is 5.99. The van der Waals surface area contributed by atoms with Crippen molar-refractivity contribution in [3.63, 3.8) is 0 Å². The molecule has 0 bridgehead atoms. The van der Waals surface area contributed by atoms with Gasteiger partial charge in [0.05, 0.1) is 23.0 Å². The molecule has 0 spiro atoms. The maximum atomic E-state index is 12.8. The van der Waals surface area contributed by atoms with E-state index in [4.69, 9.17) is 0 Å². The number of urea groups is 1. The molecule has 39 heavy (non-hydrogen) atoms. The molecule has 3 aromatic rings. The third-order valence-electron chi connectivity index (χ3n) is 6.04. The minimum Gasteiger partial charge on any atom is -0.355 e. The highest BCUT2D eigenvalue weighted by Gasteiger charge is 2.31. The Hall–Kier alpha value is -4.29. The van der Waals surface area contributed by atoms with E-state index in [1.165, 1.54) is 18.3 Å². The van der Waals surface area contributed by atoms with Crippen LogP contribution in [0.4, 0.5) is 48.3 Å². The first kappa shape index (κ1) is 27.7. The highest BCUT2D eigenvalue weighted by Crippen LogP contribution is 2.30. The van der Waals surface area contributed by atoms with E-state index in [1.807, 2.05) is 4.90 Å². The second kappa shape index (κ2) is 11.2. The molecular formula is C26H23F6N5O2. The molecule has 0 saturated carbocycles. The van der Waals surface area contributed by atoms with Crippen molar-refractivity contribution in [1.29, 1.82) is 0 Å². The average Bonchev–Trinajstić information content (AvgIpc) is 3.14. The van der Waals surface area contributed by atoms with Gasteiger partial charge in [-0.15, -0.1) is 0 Å². The van der Waals surface area contributed by atoms with Gasteiger partial charge in [-0.1, -0.05) is 0 Å². The van der Waals surface area contributed by atoms with Crippen molar-refractivity contribution in [2.45, 2.75) is 18.8 Å². The minimum absolute atomic E-state index is 0.180. The molecule has 7 nitrogen and oxygen atoms in total. The molecule has 2 aromatic carbocycles. The summed E-state index contributed by atoms with van der Waals surface area (Å²) in [6.07, 6.45) is -6.90. The molecule has 0 radical (unpaired) electrons. The van der Waals surface area contributed by atoms with Gasteiger partial charge < -0.3 is 20.4 Å². The van der Waals surface area contributed by atoms with Crippen LogP contribution in [0.1, 0.15) is 27.9 Å². The summed E-state index contributed by atoms with van der Waals surface area (Å²) < 4.78 is 76.4. The van der Waals surface area contributed by atoms with Gasteiger partial charge in [0.15, 0.2) is 0 Å². The molecule has 2 N–H and O–H groups in total. The van der Waals surface area contributed by atoms with Crippen LogP contribution >= 0.6 is 0 Å². The first-order chi connectivity index (χ1) is 18.4. The van der Waals surface area contributed by atoms with Crippen molar-refractivity contribution in [3.05, 3.63) is 83.6 Å². The fourth-order valence-electron chi connectivity index (χ4n) is 4.02. The van der Waals surface area contributed by atoms with E-state index < -0.39 is 29.5 Å². The van der Waals surface area contributed by atoms with E-state index in [1.54, 1.807) is 17.0 Å². The van der Waals surface area contributed by atoms with Gasteiger partial charge in [-0.3, -0.25) is 4.79 Å². The summed E-state index contributed by atoms with van der Waals surface area (Å²) in [7, 11) is 0. The van der Waals surface area contributed by atoms with Crippen molar-refractivity contribution in [1.82, 2.24) is 9.88 Å². The molecule has 2 heterocycles. The maximum absolute atomic E-state index is 12.8. The SMILES string of the molecule is O=C(Nc1ccc(C(F)(F)F)cc1)Nc1ccc(N2CCCN(C(=O)c3ccc(C(F)(F)F)cc3)CC2)nc1. The molecule has 1 aliphatic rings. The van der Waals surface area contributed by atoms with E-state index >= 15 is 0 Å². The van der Waals surface area contributed by atoms with Gasteiger partial charge in [0.2, 0.25) is 0 Å². The Morgan fingerprint density at radius 1 is 0.692 bits per heavy atom. The van der Waals surface area contributed by atoms with Gasteiger partial charge >= 0.3 is 18.4 Å². The van der Waals surface area contributed by atoms with Crippen molar-refractivity contribution in [3.8, 4) is 0 Å². The monoisotopic (exact) mass is 551 g/mol. The number of halogens is 6. The standard InChI is InChI=1S/C26H23F6N5O2/c27-25(28,29)18-4-2-17(3-5-18)23(38)37-13-1-12-36(14-15-37)22-11-10-21(16-33-22)35-24(39)34-20-8-6-19(7-9-20)26(30,31)32/h2-11,16H,1,12-15H2,(H2,34,35,39). The van der Waals surface area contributed by atoms with E-state index in [2.05, 4.69) is 15.6 Å². The van der Waals surface area contributed by atoms with E-state index in [0.717, 1.165) is 36.4 Å². The molecule has 1 saturated heterocycles. The summed E-state index contributed by atoms with van der Waals surface area (Å²) in [4.78, 5) is 32.9. The number of alkyl halides is 6. The zero-order valence-electron chi connectivity index (χ0n) is 20.3. The lowest BCUT2D eigenvalue weighted by Gasteiger charge is -2.23.